The van der Waals surface area contributed by atoms with E-state index in [1.165, 1.54) is 0 Å². The van der Waals surface area contributed by atoms with Crippen molar-refractivity contribution in [2.45, 2.75) is 19.8 Å². The molecular formula is C10H17N5O2. The molecule has 1 aromatic heterocycles. The van der Waals surface area contributed by atoms with Gasteiger partial charge in [-0.3, -0.25) is 4.79 Å². The third kappa shape index (κ3) is 2.66. The van der Waals surface area contributed by atoms with E-state index >= 15 is 0 Å². The average Bonchev–Trinajstić information content (AvgIpc) is 2.76. The van der Waals surface area contributed by atoms with Gasteiger partial charge < -0.3 is 15.4 Å². The number of H-pyrrole nitrogens is 1. The fourth-order valence-corrected chi connectivity index (χ4v) is 1.98. The second-order valence-corrected chi connectivity index (χ2v) is 4.03. The topological polar surface area (TPSA) is 97.1 Å². The van der Waals surface area contributed by atoms with Crippen LogP contribution < -0.4 is 10.6 Å². The maximum atomic E-state index is 11.5. The van der Waals surface area contributed by atoms with Crippen molar-refractivity contribution in [3.63, 3.8) is 0 Å². The monoisotopic (exact) mass is 239 g/mol. The fourth-order valence-electron chi connectivity index (χ4n) is 1.98. The fraction of sp³-hybridized carbons (Fsp3) is 0.700. The highest BCUT2D eigenvalue weighted by Gasteiger charge is 2.27. The van der Waals surface area contributed by atoms with Crippen LogP contribution in [0.3, 0.4) is 0 Å². The maximum Gasteiger partial charge on any atom is 0.309 e. The van der Waals surface area contributed by atoms with Crippen molar-refractivity contribution in [2.75, 3.05) is 30.3 Å². The largest absolute Gasteiger partial charge is 0.466 e. The van der Waals surface area contributed by atoms with E-state index in [0.717, 1.165) is 25.9 Å². The lowest BCUT2D eigenvalue weighted by atomic mass is 9.97. The molecule has 1 fully saturated rings. The second kappa shape index (κ2) is 5.03. The van der Waals surface area contributed by atoms with E-state index in [1.54, 1.807) is 0 Å². The Bertz CT molecular complexity index is 384. The van der Waals surface area contributed by atoms with Crippen LogP contribution in [-0.2, 0) is 9.53 Å². The maximum absolute atomic E-state index is 11.5. The summed E-state index contributed by atoms with van der Waals surface area (Å²) < 4.78 is 5.01. The summed E-state index contributed by atoms with van der Waals surface area (Å²) in [5.41, 5.74) is 5.47. The average molecular weight is 239 g/mol. The number of esters is 1. The van der Waals surface area contributed by atoms with Crippen molar-refractivity contribution in [3.8, 4) is 0 Å². The van der Waals surface area contributed by atoms with E-state index in [9.17, 15) is 4.79 Å². The Morgan fingerprint density at radius 1 is 1.59 bits per heavy atom. The summed E-state index contributed by atoms with van der Waals surface area (Å²) in [5.74, 6) is 0.821. The van der Waals surface area contributed by atoms with Gasteiger partial charge in [0.15, 0.2) is 0 Å². The first kappa shape index (κ1) is 11.7. The number of carbonyl (C=O) groups excluding carboxylic acids is 1. The third-order valence-corrected chi connectivity index (χ3v) is 2.89. The number of anilines is 2. The summed E-state index contributed by atoms with van der Waals surface area (Å²) in [6.07, 6.45) is 1.54. The number of hydrogen-bond donors (Lipinski definition) is 2. The number of ether oxygens (including phenoxy) is 1. The molecule has 17 heavy (non-hydrogen) atoms. The van der Waals surface area contributed by atoms with Crippen LogP contribution in [0.25, 0.3) is 0 Å². The zero-order chi connectivity index (χ0) is 12.3. The molecule has 0 aliphatic carbocycles. The number of nitrogens with one attached hydrogen (secondary N) is 1. The van der Waals surface area contributed by atoms with Crippen molar-refractivity contribution < 1.29 is 9.53 Å². The summed E-state index contributed by atoms with van der Waals surface area (Å²) in [7, 11) is 0. The molecule has 94 valence electrons. The lowest BCUT2D eigenvalue weighted by Gasteiger charge is -2.29. The van der Waals surface area contributed by atoms with E-state index in [0.29, 0.717) is 18.5 Å². The van der Waals surface area contributed by atoms with Crippen LogP contribution in [-0.4, -0.2) is 40.8 Å². The summed E-state index contributed by atoms with van der Waals surface area (Å²) in [5, 5.41) is 6.60. The molecule has 0 saturated carbocycles. The number of nitrogen functional groups attached to an aromatic ring is 1. The lowest BCUT2D eigenvalue weighted by molar-refractivity contribution is -0.148. The summed E-state index contributed by atoms with van der Waals surface area (Å²) in [6, 6.07) is 0. The normalized spacial score (nSPS) is 17.1. The molecule has 1 aromatic rings. The van der Waals surface area contributed by atoms with Crippen LogP contribution in [0.5, 0.6) is 0 Å². The molecule has 2 rings (SSSR count). The summed E-state index contributed by atoms with van der Waals surface area (Å²) in [6.45, 7) is 3.77. The molecule has 7 heteroatoms. The minimum Gasteiger partial charge on any atom is -0.466 e. The number of nitrogens with two attached hydrogens (primary N) is 1. The van der Waals surface area contributed by atoms with Gasteiger partial charge in [-0.15, -0.1) is 5.10 Å². The lowest BCUT2D eigenvalue weighted by Crippen LogP contribution is -2.37. The van der Waals surface area contributed by atoms with Crippen molar-refractivity contribution in [1.29, 1.82) is 0 Å². The molecule has 3 N–H and O–H groups in total. The molecule has 1 aliphatic heterocycles. The van der Waals surface area contributed by atoms with Crippen LogP contribution in [0.4, 0.5) is 11.9 Å². The van der Waals surface area contributed by atoms with Crippen LogP contribution in [0.1, 0.15) is 19.8 Å². The van der Waals surface area contributed by atoms with Gasteiger partial charge in [-0.05, 0) is 19.8 Å². The minimum atomic E-state index is -0.0957. The number of nitrogens with zero attached hydrogens (tertiary/aromatic N) is 3. The SMILES string of the molecule is CCOC(=O)C1CCN(c2n[nH]c(N)n2)CC1. The second-order valence-electron chi connectivity index (χ2n) is 4.03. The van der Waals surface area contributed by atoms with Gasteiger partial charge in [0, 0.05) is 13.1 Å². The number of aromatic amines is 1. The quantitative estimate of drug-likeness (QED) is 0.729. The molecule has 1 aliphatic rings. The highest BCUT2D eigenvalue weighted by Crippen LogP contribution is 2.21. The Labute approximate surface area is 99.3 Å². The van der Waals surface area contributed by atoms with Gasteiger partial charge >= 0.3 is 5.97 Å². The van der Waals surface area contributed by atoms with Crippen LogP contribution in [0.2, 0.25) is 0 Å². The van der Waals surface area contributed by atoms with Gasteiger partial charge in [-0.2, -0.15) is 4.98 Å². The first-order valence-corrected chi connectivity index (χ1v) is 5.80. The molecule has 0 aromatic carbocycles. The van der Waals surface area contributed by atoms with E-state index in [-0.39, 0.29) is 11.9 Å². The predicted molar refractivity (Wildman–Crippen MR) is 62.4 cm³/mol. The minimum absolute atomic E-state index is 0.00230. The molecule has 0 amide bonds. The molecule has 0 unspecified atom stereocenters. The first-order valence-electron chi connectivity index (χ1n) is 5.80. The van der Waals surface area contributed by atoms with Gasteiger partial charge in [-0.25, -0.2) is 5.10 Å². The van der Waals surface area contributed by atoms with Crippen LogP contribution in [0, 0.1) is 5.92 Å². The Morgan fingerprint density at radius 2 is 2.29 bits per heavy atom. The van der Waals surface area contributed by atoms with Crippen molar-refractivity contribution in [1.82, 2.24) is 15.2 Å². The van der Waals surface area contributed by atoms with Crippen LogP contribution >= 0.6 is 0 Å². The first-order chi connectivity index (χ1) is 8.20. The van der Waals surface area contributed by atoms with E-state index in [4.69, 9.17) is 10.5 Å². The smallest absolute Gasteiger partial charge is 0.309 e. The molecular weight excluding hydrogens is 222 g/mol. The zero-order valence-corrected chi connectivity index (χ0v) is 9.85. The number of carbonyl (C=O) groups is 1. The number of aromatic nitrogens is 3. The Morgan fingerprint density at radius 3 is 2.82 bits per heavy atom. The third-order valence-electron chi connectivity index (χ3n) is 2.89. The van der Waals surface area contributed by atoms with Gasteiger partial charge in [0.05, 0.1) is 12.5 Å². The predicted octanol–water partition coefficient (Wildman–Crippen LogP) is 0.166. The Balaban J connectivity index is 1.88. The Hall–Kier alpha value is -1.79. The van der Waals surface area contributed by atoms with Gasteiger partial charge in [-0.1, -0.05) is 0 Å². The number of hydrogen-bond acceptors (Lipinski definition) is 6. The molecule has 2 heterocycles. The molecule has 7 nitrogen and oxygen atoms in total. The molecule has 0 spiro atoms. The van der Waals surface area contributed by atoms with Crippen molar-refractivity contribution >= 4 is 17.9 Å². The molecule has 0 atom stereocenters. The highest BCUT2D eigenvalue weighted by molar-refractivity contribution is 5.72. The zero-order valence-electron chi connectivity index (χ0n) is 9.85. The van der Waals surface area contributed by atoms with E-state index in [1.807, 2.05) is 11.8 Å². The number of rotatable bonds is 3. The van der Waals surface area contributed by atoms with Gasteiger partial charge in [0.2, 0.25) is 11.9 Å². The summed E-state index contributed by atoms with van der Waals surface area (Å²) in [4.78, 5) is 17.6. The highest BCUT2D eigenvalue weighted by atomic mass is 16.5. The van der Waals surface area contributed by atoms with Gasteiger partial charge in [0.1, 0.15) is 0 Å². The number of piperidine rings is 1. The van der Waals surface area contributed by atoms with Crippen molar-refractivity contribution in [3.05, 3.63) is 0 Å². The van der Waals surface area contributed by atoms with Crippen molar-refractivity contribution in [2.24, 2.45) is 5.92 Å². The van der Waals surface area contributed by atoms with E-state index in [2.05, 4.69) is 15.2 Å². The van der Waals surface area contributed by atoms with Gasteiger partial charge in [0.25, 0.3) is 0 Å². The Kier molecular flexibility index (Phi) is 3.46. The van der Waals surface area contributed by atoms with Crippen LogP contribution in [0.15, 0.2) is 0 Å². The molecule has 0 radical (unpaired) electrons. The molecule has 0 bridgehead atoms. The molecule has 1 saturated heterocycles. The summed E-state index contributed by atoms with van der Waals surface area (Å²) >= 11 is 0. The standard InChI is InChI=1S/C10H17N5O2/c1-2-17-8(16)7-3-5-15(6-4-7)10-12-9(11)13-14-10/h7H,2-6H2,1H3,(H3,11,12,13,14). The van der Waals surface area contributed by atoms with E-state index < -0.39 is 0 Å².